The summed E-state index contributed by atoms with van der Waals surface area (Å²) in [6, 6.07) is -1.75. The van der Waals surface area contributed by atoms with Gasteiger partial charge in [-0.1, -0.05) is 0 Å². The topological polar surface area (TPSA) is 131 Å². The summed E-state index contributed by atoms with van der Waals surface area (Å²) in [5, 5.41) is 4.70. The first-order valence-corrected chi connectivity index (χ1v) is 9.68. The van der Waals surface area contributed by atoms with Crippen molar-refractivity contribution in [1.82, 2.24) is 15.5 Å². The van der Waals surface area contributed by atoms with Crippen LogP contribution in [-0.2, 0) is 28.6 Å². The second-order valence-corrected chi connectivity index (χ2v) is 7.42. The van der Waals surface area contributed by atoms with Crippen LogP contribution in [0.4, 0.5) is 4.79 Å². The lowest BCUT2D eigenvalue weighted by Crippen LogP contribution is -2.60. The van der Waals surface area contributed by atoms with Gasteiger partial charge in [-0.2, -0.15) is 8.42 Å². The van der Waals surface area contributed by atoms with E-state index in [-0.39, 0.29) is 32.0 Å². The maximum atomic E-state index is 12.2. The van der Waals surface area contributed by atoms with Gasteiger partial charge in [-0.15, -0.1) is 0 Å². The second-order valence-electron chi connectivity index (χ2n) is 5.77. The summed E-state index contributed by atoms with van der Waals surface area (Å²) in [5.41, 5.74) is 0. The minimum absolute atomic E-state index is 0.00943. The number of imide groups is 1. The number of amides is 4. The van der Waals surface area contributed by atoms with Crippen molar-refractivity contribution in [2.24, 2.45) is 0 Å². The standard InChI is InChI=1S/C14H25N3O7S/c1-9(10(2)23-7-8-24-25(4,21)22)17(14(20)15-3)11-5-6-12(18)16-13(11)19/h9-11H,5-8H2,1-4H3,(H,15,20)(H,16,18,19)/t9?,10-,11?/m0/s1. The van der Waals surface area contributed by atoms with E-state index in [0.29, 0.717) is 0 Å². The molecule has 25 heavy (non-hydrogen) atoms. The zero-order valence-electron chi connectivity index (χ0n) is 14.8. The molecule has 11 heteroatoms. The summed E-state index contributed by atoms with van der Waals surface area (Å²) in [7, 11) is -2.10. The molecule has 1 aliphatic rings. The predicted molar refractivity (Wildman–Crippen MR) is 88.1 cm³/mol. The van der Waals surface area contributed by atoms with Crippen molar-refractivity contribution >= 4 is 28.0 Å². The van der Waals surface area contributed by atoms with Crippen molar-refractivity contribution in [3.05, 3.63) is 0 Å². The average Bonchev–Trinajstić information content (AvgIpc) is 2.52. The molecule has 0 bridgehead atoms. The third-order valence-corrected chi connectivity index (χ3v) is 4.47. The first-order valence-electron chi connectivity index (χ1n) is 7.86. The highest BCUT2D eigenvalue weighted by atomic mass is 32.2. The Morgan fingerprint density at radius 1 is 1.36 bits per heavy atom. The maximum Gasteiger partial charge on any atom is 0.318 e. The molecule has 0 saturated carbocycles. The van der Waals surface area contributed by atoms with Crippen LogP contribution >= 0.6 is 0 Å². The number of carbonyl (C=O) groups excluding carboxylic acids is 3. The van der Waals surface area contributed by atoms with Gasteiger partial charge in [0.1, 0.15) is 6.04 Å². The molecule has 10 nitrogen and oxygen atoms in total. The van der Waals surface area contributed by atoms with Crippen molar-refractivity contribution in [1.29, 1.82) is 0 Å². The Labute approximate surface area is 147 Å². The highest BCUT2D eigenvalue weighted by Crippen LogP contribution is 2.19. The molecule has 1 fully saturated rings. The third kappa shape index (κ3) is 6.59. The summed E-state index contributed by atoms with van der Waals surface area (Å²) in [5.74, 6) is -0.896. The van der Waals surface area contributed by atoms with Crippen LogP contribution in [0.1, 0.15) is 26.7 Å². The zero-order chi connectivity index (χ0) is 19.2. The second kappa shape index (κ2) is 9.11. The molecular weight excluding hydrogens is 354 g/mol. The Bertz CT molecular complexity index is 608. The van der Waals surface area contributed by atoms with E-state index in [1.807, 2.05) is 0 Å². The van der Waals surface area contributed by atoms with E-state index in [0.717, 1.165) is 6.26 Å². The van der Waals surface area contributed by atoms with Crippen LogP contribution in [-0.4, -0.2) is 75.9 Å². The molecule has 1 saturated heterocycles. The summed E-state index contributed by atoms with van der Waals surface area (Å²) >= 11 is 0. The number of hydrogen-bond donors (Lipinski definition) is 2. The van der Waals surface area contributed by atoms with Crippen LogP contribution in [0.3, 0.4) is 0 Å². The Morgan fingerprint density at radius 3 is 2.52 bits per heavy atom. The highest BCUT2D eigenvalue weighted by Gasteiger charge is 2.38. The van der Waals surface area contributed by atoms with Gasteiger partial charge in [0, 0.05) is 13.5 Å². The van der Waals surface area contributed by atoms with E-state index in [4.69, 9.17) is 4.74 Å². The molecule has 0 aromatic carbocycles. The molecular formula is C14H25N3O7S. The Morgan fingerprint density at radius 2 is 2.00 bits per heavy atom. The number of ether oxygens (including phenoxy) is 1. The number of urea groups is 1. The summed E-state index contributed by atoms with van der Waals surface area (Å²) in [6.07, 6.45) is 0.821. The molecule has 0 aromatic heterocycles. The number of nitrogens with zero attached hydrogens (tertiary/aromatic N) is 1. The van der Waals surface area contributed by atoms with Crippen LogP contribution in [0.2, 0.25) is 0 Å². The number of hydrogen-bond acceptors (Lipinski definition) is 7. The van der Waals surface area contributed by atoms with Gasteiger partial charge in [-0.3, -0.25) is 19.1 Å². The van der Waals surface area contributed by atoms with E-state index in [2.05, 4.69) is 14.8 Å². The lowest BCUT2D eigenvalue weighted by molar-refractivity contribution is -0.138. The minimum atomic E-state index is -3.55. The number of carbonyl (C=O) groups is 3. The SMILES string of the molecule is CNC(=O)N(C1CCC(=O)NC1=O)C(C)[C@H](C)OCCOS(C)(=O)=O. The first kappa shape index (κ1) is 21.3. The molecule has 3 atom stereocenters. The number of piperidine rings is 1. The van der Waals surface area contributed by atoms with E-state index in [9.17, 15) is 22.8 Å². The molecule has 2 unspecified atom stereocenters. The molecule has 144 valence electrons. The van der Waals surface area contributed by atoms with E-state index in [1.54, 1.807) is 13.8 Å². The van der Waals surface area contributed by atoms with Gasteiger partial charge in [0.2, 0.25) is 11.8 Å². The normalized spacial score (nSPS) is 20.6. The largest absolute Gasteiger partial charge is 0.374 e. The summed E-state index contributed by atoms with van der Waals surface area (Å²) in [4.78, 5) is 37.0. The maximum absolute atomic E-state index is 12.2. The Balaban J connectivity index is 2.72. The van der Waals surface area contributed by atoms with Gasteiger partial charge in [-0.05, 0) is 20.3 Å². The average molecular weight is 379 g/mol. The van der Waals surface area contributed by atoms with E-state index >= 15 is 0 Å². The van der Waals surface area contributed by atoms with Crippen LogP contribution in [0, 0.1) is 0 Å². The third-order valence-electron chi connectivity index (χ3n) is 3.87. The fourth-order valence-electron chi connectivity index (χ4n) is 2.47. The Kier molecular flexibility index (Phi) is 7.77. The summed E-state index contributed by atoms with van der Waals surface area (Å²) < 4.78 is 31.9. The molecule has 0 spiro atoms. The number of nitrogens with one attached hydrogen (secondary N) is 2. The van der Waals surface area contributed by atoms with Gasteiger partial charge < -0.3 is 15.0 Å². The smallest absolute Gasteiger partial charge is 0.318 e. The predicted octanol–water partition coefficient (Wildman–Crippen LogP) is -0.797. The fourth-order valence-corrected chi connectivity index (χ4v) is 2.84. The van der Waals surface area contributed by atoms with Crippen LogP contribution in [0.15, 0.2) is 0 Å². The van der Waals surface area contributed by atoms with Crippen LogP contribution in [0.25, 0.3) is 0 Å². The van der Waals surface area contributed by atoms with Gasteiger partial charge in [0.25, 0.3) is 10.1 Å². The quantitative estimate of drug-likeness (QED) is 0.321. The number of rotatable bonds is 8. The van der Waals surface area contributed by atoms with Gasteiger partial charge in [0.15, 0.2) is 0 Å². The fraction of sp³-hybridized carbons (Fsp3) is 0.786. The van der Waals surface area contributed by atoms with Crippen molar-refractivity contribution in [2.45, 2.75) is 44.9 Å². The van der Waals surface area contributed by atoms with Crippen molar-refractivity contribution in [2.75, 3.05) is 26.5 Å². The Hall–Kier alpha value is -1.72. The van der Waals surface area contributed by atoms with Crippen LogP contribution < -0.4 is 10.6 Å². The molecule has 1 heterocycles. The van der Waals surface area contributed by atoms with Gasteiger partial charge in [-0.25, -0.2) is 4.79 Å². The molecule has 4 amide bonds. The van der Waals surface area contributed by atoms with E-state index < -0.39 is 40.2 Å². The first-order chi connectivity index (χ1) is 11.6. The molecule has 0 radical (unpaired) electrons. The monoisotopic (exact) mass is 379 g/mol. The van der Waals surface area contributed by atoms with Crippen LogP contribution in [0.5, 0.6) is 0 Å². The minimum Gasteiger partial charge on any atom is -0.374 e. The molecule has 0 aromatic rings. The van der Waals surface area contributed by atoms with Crippen molar-refractivity contribution < 1.29 is 31.7 Å². The van der Waals surface area contributed by atoms with E-state index in [1.165, 1.54) is 11.9 Å². The van der Waals surface area contributed by atoms with Crippen molar-refractivity contribution in [3.8, 4) is 0 Å². The van der Waals surface area contributed by atoms with Crippen molar-refractivity contribution in [3.63, 3.8) is 0 Å². The lowest BCUT2D eigenvalue weighted by atomic mass is 10.0. The zero-order valence-corrected chi connectivity index (χ0v) is 15.6. The lowest BCUT2D eigenvalue weighted by Gasteiger charge is -2.39. The highest BCUT2D eigenvalue weighted by molar-refractivity contribution is 7.85. The summed E-state index contributed by atoms with van der Waals surface area (Å²) in [6.45, 7) is 3.28. The van der Waals surface area contributed by atoms with Gasteiger partial charge >= 0.3 is 6.03 Å². The molecule has 1 aliphatic heterocycles. The molecule has 1 rings (SSSR count). The van der Waals surface area contributed by atoms with Gasteiger partial charge in [0.05, 0.1) is 31.6 Å². The molecule has 0 aliphatic carbocycles. The molecule has 2 N–H and O–H groups in total.